The molecule has 0 bridgehead atoms. The highest BCUT2D eigenvalue weighted by molar-refractivity contribution is 5.49. The van der Waals surface area contributed by atoms with Gasteiger partial charge in [-0.05, 0) is 61.3 Å². The van der Waals surface area contributed by atoms with Crippen LogP contribution < -0.4 is 9.47 Å². The van der Waals surface area contributed by atoms with Gasteiger partial charge in [0.25, 0.3) is 0 Å². The van der Waals surface area contributed by atoms with E-state index >= 15 is 0 Å². The zero-order chi connectivity index (χ0) is 18.8. The Morgan fingerprint density at radius 2 is 2.04 bits per heavy atom. The summed E-state index contributed by atoms with van der Waals surface area (Å²) in [5.74, 6) is 2.20. The van der Waals surface area contributed by atoms with Crippen LogP contribution in [0.25, 0.3) is 0 Å². The van der Waals surface area contributed by atoms with Crippen molar-refractivity contribution >= 4 is 0 Å². The Balaban J connectivity index is 1.85. The molecule has 1 saturated heterocycles. The molecule has 4 atom stereocenters. The Morgan fingerprint density at radius 1 is 1.27 bits per heavy atom. The van der Waals surface area contributed by atoms with Gasteiger partial charge in [0.15, 0.2) is 11.5 Å². The van der Waals surface area contributed by atoms with E-state index in [1.165, 1.54) is 11.1 Å². The lowest BCUT2D eigenvalue weighted by molar-refractivity contribution is -0.0192. The van der Waals surface area contributed by atoms with Crippen LogP contribution in [0.15, 0.2) is 12.1 Å². The topological polar surface area (TPSA) is 41.9 Å². The molecular weight excluding hydrogens is 333 g/mol. The van der Waals surface area contributed by atoms with Crippen LogP contribution in [0, 0.1) is 11.8 Å². The molecule has 0 aliphatic carbocycles. The molecule has 4 nitrogen and oxygen atoms in total. The average molecular weight is 365 g/mol. The summed E-state index contributed by atoms with van der Waals surface area (Å²) in [5.41, 5.74) is 2.44. The van der Waals surface area contributed by atoms with E-state index in [9.17, 15) is 9.50 Å². The average Bonchev–Trinajstić information content (AvgIpc) is 2.61. The van der Waals surface area contributed by atoms with E-state index in [1.807, 2.05) is 12.1 Å². The lowest BCUT2D eigenvalue weighted by Crippen LogP contribution is -2.48. The Labute approximate surface area is 156 Å². The molecule has 1 N–H and O–H groups in total. The second kappa shape index (κ2) is 8.13. The zero-order valence-electron chi connectivity index (χ0n) is 16.4. The third kappa shape index (κ3) is 3.99. The molecule has 3 unspecified atom stereocenters. The minimum absolute atomic E-state index is 0.221. The minimum Gasteiger partial charge on any atom is -0.493 e. The molecule has 0 aromatic heterocycles. The lowest BCUT2D eigenvalue weighted by Gasteiger charge is -2.46. The van der Waals surface area contributed by atoms with Crippen molar-refractivity contribution < 1.29 is 19.0 Å². The van der Waals surface area contributed by atoms with Crippen molar-refractivity contribution in [3.8, 4) is 11.5 Å². The smallest absolute Gasteiger partial charge is 0.161 e. The fraction of sp³-hybridized carbons (Fsp3) is 0.714. The maximum absolute atomic E-state index is 12.8. The van der Waals surface area contributed by atoms with Crippen LogP contribution in [0.1, 0.15) is 50.8 Å². The molecule has 2 aliphatic heterocycles. The lowest BCUT2D eigenvalue weighted by atomic mass is 9.79. The molecule has 0 spiro atoms. The van der Waals surface area contributed by atoms with Crippen LogP contribution in [-0.4, -0.2) is 49.1 Å². The van der Waals surface area contributed by atoms with Crippen LogP contribution >= 0.6 is 0 Å². The number of ether oxygens (including phenoxy) is 2. The third-order valence-electron chi connectivity index (χ3n) is 5.69. The van der Waals surface area contributed by atoms with Crippen LogP contribution in [0.5, 0.6) is 11.5 Å². The fourth-order valence-electron chi connectivity index (χ4n) is 4.44. The molecule has 0 radical (unpaired) electrons. The molecule has 1 aromatic carbocycles. The van der Waals surface area contributed by atoms with E-state index in [2.05, 4.69) is 18.7 Å². The van der Waals surface area contributed by atoms with Gasteiger partial charge in [-0.25, -0.2) is 4.39 Å². The second-order valence-corrected chi connectivity index (χ2v) is 8.24. The number of hydrogen-bond acceptors (Lipinski definition) is 4. The quantitative estimate of drug-likeness (QED) is 0.833. The molecule has 1 fully saturated rings. The van der Waals surface area contributed by atoms with Crippen molar-refractivity contribution in [2.24, 2.45) is 11.8 Å². The van der Waals surface area contributed by atoms with Gasteiger partial charge in [0.1, 0.15) is 12.8 Å². The Bertz CT molecular complexity index is 622. The molecule has 2 heterocycles. The molecule has 146 valence electrons. The maximum Gasteiger partial charge on any atom is 0.161 e. The van der Waals surface area contributed by atoms with E-state index in [0.717, 1.165) is 32.4 Å². The molecule has 5 heteroatoms. The Hall–Kier alpha value is -1.33. The summed E-state index contributed by atoms with van der Waals surface area (Å²) in [7, 11) is 1.61. The van der Waals surface area contributed by atoms with Crippen molar-refractivity contribution in [3.05, 3.63) is 23.3 Å². The summed E-state index contributed by atoms with van der Waals surface area (Å²) >= 11 is 0. The van der Waals surface area contributed by atoms with Gasteiger partial charge in [0, 0.05) is 19.1 Å². The van der Waals surface area contributed by atoms with Crippen molar-refractivity contribution in [2.75, 3.05) is 26.9 Å². The van der Waals surface area contributed by atoms with Gasteiger partial charge in [0.05, 0.1) is 13.2 Å². The summed E-state index contributed by atoms with van der Waals surface area (Å²) in [6.45, 7) is 7.56. The van der Waals surface area contributed by atoms with Crippen LogP contribution in [0.2, 0.25) is 0 Å². The van der Waals surface area contributed by atoms with Gasteiger partial charge in [-0.1, -0.05) is 13.8 Å². The van der Waals surface area contributed by atoms with E-state index in [1.54, 1.807) is 14.0 Å². The van der Waals surface area contributed by atoms with E-state index in [4.69, 9.17) is 9.47 Å². The van der Waals surface area contributed by atoms with Crippen molar-refractivity contribution in [1.29, 1.82) is 0 Å². The number of benzene rings is 1. The fourth-order valence-corrected chi connectivity index (χ4v) is 4.44. The predicted molar refractivity (Wildman–Crippen MR) is 101 cm³/mol. The first-order valence-electron chi connectivity index (χ1n) is 9.78. The SMILES string of the molecule is COc1cc2c(cc1O[C@@H](C)CF)CCN1CC(CC(C)C)C(O)CC21. The van der Waals surface area contributed by atoms with Crippen LogP contribution in [-0.2, 0) is 6.42 Å². The first kappa shape index (κ1) is 19.4. The number of fused-ring (bicyclic) bond motifs is 3. The summed E-state index contributed by atoms with van der Waals surface area (Å²) in [6.07, 6.45) is 2.01. The number of rotatable bonds is 6. The number of halogens is 1. The highest BCUT2D eigenvalue weighted by Crippen LogP contribution is 2.43. The third-order valence-corrected chi connectivity index (χ3v) is 5.69. The highest BCUT2D eigenvalue weighted by Gasteiger charge is 2.38. The molecule has 0 saturated carbocycles. The van der Waals surface area contributed by atoms with Crippen molar-refractivity contribution in [1.82, 2.24) is 4.90 Å². The highest BCUT2D eigenvalue weighted by atomic mass is 19.1. The number of aliphatic hydroxyl groups is 1. The predicted octanol–water partition coefficient (Wildman–Crippen LogP) is 3.76. The Morgan fingerprint density at radius 3 is 2.69 bits per heavy atom. The van der Waals surface area contributed by atoms with Crippen molar-refractivity contribution in [2.45, 2.75) is 58.3 Å². The normalized spacial score (nSPS) is 27.0. The van der Waals surface area contributed by atoms with Gasteiger partial charge in [-0.2, -0.15) is 0 Å². The summed E-state index contributed by atoms with van der Waals surface area (Å²) in [5, 5.41) is 10.7. The summed E-state index contributed by atoms with van der Waals surface area (Å²) in [4.78, 5) is 2.51. The molecule has 0 amide bonds. The van der Waals surface area contributed by atoms with Gasteiger partial charge in [-0.3, -0.25) is 4.90 Å². The zero-order valence-corrected chi connectivity index (χ0v) is 16.4. The standard InChI is InChI=1S/C21H32FNO3/c1-13(2)7-16-12-23-6-5-15-8-21(26-14(3)11-22)20(25-4)9-17(15)18(23)10-19(16)24/h8-9,13-14,16,18-19,24H,5-7,10-12H2,1-4H3/t14-,16?,18?,19?/m0/s1. The van der Waals surface area contributed by atoms with Crippen LogP contribution in [0.4, 0.5) is 4.39 Å². The van der Waals surface area contributed by atoms with Gasteiger partial charge >= 0.3 is 0 Å². The molecular formula is C21H32FNO3. The summed E-state index contributed by atoms with van der Waals surface area (Å²) < 4.78 is 24.1. The molecule has 1 aromatic rings. The molecule has 26 heavy (non-hydrogen) atoms. The van der Waals surface area contributed by atoms with Gasteiger partial charge in [-0.15, -0.1) is 0 Å². The van der Waals surface area contributed by atoms with E-state index < -0.39 is 12.8 Å². The van der Waals surface area contributed by atoms with Gasteiger partial charge in [0.2, 0.25) is 0 Å². The van der Waals surface area contributed by atoms with E-state index in [0.29, 0.717) is 23.3 Å². The van der Waals surface area contributed by atoms with Crippen LogP contribution in [0.3, 0.4) is 0 Å². The monoisotopic (exact) mass is 365 g/mol. The van der Waals surface area contributed by atoms with E-state index in [-0.39, 0.29) is 12.1 Å². The number of hydrogen-bond donors (Lipinski definition) is 1. The van der Waals surface area contributed by atoms with Crippen molar-refractivity contribution in [3.63, 3.8) is 0 Å². The number of nitrogens with zero attached hydrogens (tertiary/aromatic N) is 1. The second-order valence-electron chi connectivity index (χ2n) is 8.24. The summed E-state index contributed by atoms with van der Waals surface area (Å²) in [6, 6.07) is 4.25. The minimum atomic E-state index is -0.528. The maximum atomic E-state index is 12.8. The number of aliphatic hydroxyl groups excluding tert-OH is 1. The first-order valence-corrected chi connectivity index (χ1v) is 9.78. The number of alkyl halides is 1. The molecule has 3 rings (SSSR count). The number of methoxy groups -OCH3 is 1. The van der Waals surface area contributed by atoms with Gasteiger partial charge < -0.3 is 14.6 Å². The Kier molecular flexibility index (Phi) is 6.08. The largest absolute Gasteiger partial charge is 0.493 e. The first-order chi connectivity index (χ1) is 12.4. The number of piperidine rings is 1. The molecule has 2 aliphatic rings.